The molecule has 0 saturated heterocycles. The quantitative estimate of drug-likeness (QED) is 0.599. The summed E-state index contributed by atoms with van der Waals surface area (Å²) >= 11 is 3.36. The lowest BCUT2D eigenvalue weighted by Gasteiger charge is -2.07. The van der Waals surface area contributed by atoms with Gasteiger partial charge in [0.25, 0.3) is 0 Å². The predicted octanol–water partition coefficient (Wildman–Crippen LogP) is 2.61. The number of halogens is 1. The molecule has 6 nitrogen and oxygen atoms in total. The normalized spacial score (nSPS) is 13.2. The SMILES string of the molecule is O=[N+]([O-])c1cccc2c1OCCn1cnc(Br)c1-2. The first-order valence-corrected chi connectivity index (χ1v) is 6.09. The molecule has 0 aliphatic carbocycles. The van der Waals surface area contributed by atoms with E-state index in [1.165, 1.54) is 6.07 Å². The molecule has 92 valence electrons. The van der Waals surface area contributed by atoms with Crippen molar-refractivity contribution in [3.05, 3.63) is 39.2 Å². The lowest BCUT2D eigenvalue weighted by Crippen LogP contribution is -2.05. The Balaban J connectivity index is 2.31. The summed E-state index contributed by atoms with van der Waals surface area (Å²) in [4.78, 5) is 14.7. The summed E-state index contributed by atoms with van der Waals surface area (Å²) < 4.78 is 8.10. The second-order valence-corrected chi connectivity index (χ2v) is 4.59. The number of ether oxygens (including phenoxy) is 1. The highest BCUT2D eigenvalue weighted by Gasteiger charge is 2.26. The van der Waals surface area contributed by atoms with Gasteiger partial charge in [0.15, 0.2) is 0 Å². The lowest BCUT2D eigenvalue weighted by molar-refractivity contribution is -0.385. The molecule has 1 aliphatic heterocycles. The Hall–Kier alpha value is -1.89. The highest BCUT2D eigenvalue weighted by atomic mass is 79.9. The molecule has 0 saturated carbocycles. The van der Waals surface area contributed by atoms with Crippen LogP contribution < -0.4 is 4.74 Å². The first kappa shape index (κ1) is 11.2. The maximum Gasteiger partial charge on any atom is 0.311 e. The third-order valence-electron chi connectivity index (χ3n) is 2.82. The summed E-state index contributed by atoms with van der Waals surface area (Å²) in [5.41, 5.74) is 1.48. The fourth-order valence-electron chi connectivity index (χ4n) is 2.05. The van der Waals surface area contributed by atoms with E-state index < -0.39 is 4.92 Å². The highest BCUT2D eigenvalue weighted by Crippen LogP contribution is 2.41. The molecule has 0 N–H and O–H groups in total. The van der Waals surface area contributed by atoms with Gasteiger partial charge >= 0.3 is 5.69 Å². The minimum atomic E-state index is -0.432. The van der Waals surface area contributed by atoms with E-state index in [2.05, 4.69) is 20.9 Å². The smallest absolute Gasteiger partial charge is 0.311 e. The highest BCUT2D eigenvalue weighted by molar-refractivity contribution is 9.10. The summed E-state index contributed by atoms with van der Waals surface area (Å²) in [6.07, 6.45) is 1.69. The van der Waals surface area contributed by atoms with Crippen LogP contribution in [0.2, 0.25) is 0 Å². The molecule has 0 unspecified atom stereocenters. The molecule has 2 aromatic rings. The minimum Gasteiger partial charge on any atom is -0.484 e. The van der Waals surface area contributed by atoms with Crippen LogP contribution in [0.1, 0.15) is 0 Å². The summed E-state index contributed by atoms with van der Waals surface area (Å²) in [6, 6.07) is 4.89. The summed E-state index contributed by atoms with van der Waals surface area (Å²) in [5, 5.41) is 11.0. The van der Waals surface area contributed by atoms with Gasteiger partial charge in [-0.15, -0.1) is 0 Å². The Bertz CT molecular complexity index is 638. The van der Waals surface area contributed by atoms with Crippen LogP contribution in [0.15, 0.2) is 29.1 Å². The zero-order valence-electron chi connectivity index (χ0n) is 9.17. The molecule has 0 radical (unpaired) electrons. The fraction of sp³-hybridized carbons (Fsp3) is 0.182. The molecule has 0 fully saturated rings. The van der Waals surface area contributed by atoms with Gasteiger partial charge in [-0.05, 0) is 22.0 Å². The van der Waals surface area contributed by atoms with E-state index in [1.54, 1.807) is 18.5 Å². The number of nitrogens with zero attached hydrogens (tertiary/aromatic N) is 3. The van der Waals surface area contributed by atoms with Gasteiger partial charge in [0.05, 0.1) is 29.1 Å². The van der Waals surface area contributed by atoms with Crippen molar-refractivity contribution in [3.8, 4) is 17.0 Å². The third-order valence-corrected chi connectivity index (χ3v) is 3.40. The van der Waals surface area contributed by atoms with Gasteiger partial charge in [-0.3, -0.25) is 10.1 Å². The van der Waals surface area contributed by atoms with Gasteiger partial charge in [0.2, 0.25) is 5.75 Å². The van der Waals surface area contributed by atoms with Crippen molar-refractivity contribution in [2.45, 2.75) is 6.54 Å². The molecule has 1 aromatic carbocycles. The number of nitro benzene ring substituents is 1. The fourth-order valence-corrected chi connectivity index (χ4v) is 2.58. The maximum atomic E-state index is 11.0. The molecule has 0 spiro atoms. The van der Waals surface area contributed by atoms with E-state index in [4.69, 9.17) is 4.74 Å². The van der Waals surface area contributed by atoms with Crippen LogP contribution in [0, 0.1) is 10.1 Å². The van der Waals surface area contributed by atoms with Gasteiger partial charge in [-0.1, -0.05) is 6.07 Å². The number of fused-ring (bicyclic) bond motifs is 3. The average Bonchev–Trinajstić information content (AvgIpc) is 2.60. The predicted molar refractivity (Wildman–Crippen MR) is 67.5 cm³/mol. The van der Waals surface area contributed by atoms with Gasteiger partial charge in [-0.25, -0.2) is 4.98 Å². The summed E-state index contributed by atoms with van der Waals surface area (Å²) in [6.45, 7) is 0.993. The molecule has 7 heteroatoms. The second-order valence-electron chi connectivity index (χ2n) is 3.84. The minimum absolute atomic E-state index is 0.0194. The van der Waals surface area contributed by atoms with E-state index in [1.807, 2.05) is 4.57 Å². The van der Waals surface area contributed by atoms with Crippen molar-refractivity contribution in [1.29, 1.82) is 0 Å². The van der Waals surface area contributed by atoms with Crippen LogP contribution in [-0.4, -0.2) is 21.1 Å². The molecule has 18 heavy (non-hydrogen) atoms. The van der Waals surface area contributed by atoms with Crippen molar-refractivity contribution in [2.24, 2.45) is 0 Å². The zero-order valence-corrected chi connectivity index (χ0v) is 10.8. The molecule has 1 aromatic heterocycles. The van der Waals surface area contributed by atoms with Gasteiger partial charge < -0.3 is 9.30 Å². The van der Waals surface area contributed by atoms with Crippen LogP contribution in [0.25, 0.3) is 11.3 Å². The number of imidazole rings is 1. The van der Waals surface area contributed by atoms with Crippen LogP contribution in [0.5, 0.6) is 5.75 Å². The van der Waals surface area contributed by atoms with Crippen molar-refractivity contribution in [3.63, 3.8) is 0 Å². The van der Waals surface area contributed by atoms with Crippen LogP contribution >= 0.6 is 15.9 Å². The van der Waals surface area contributed by atoms with Crippen LogP contribution in [0.3, 0.4) is 0 Å². The number of hydrogen-bond acceptors (Lipinski definition) is 4. The van der Waals surface area contributed by atoms with Gasteiger partial charge in [0.1, 0.15) is 11.2 Å². The molecular weight excluding hydrogens is 302 g/mol. The number of aromatic nitrogens is 2. The number of rotatable bonds is 1. The Kier molecular flexibility index (Phi) is 2.55. The maximum absolute atomic E-state index is 11.0. The molecule has 0 amide bonds. The van der Waals surface area contributed by atoms with E-state index in [0.29, 0.717) is 29.1 Å². The molecule has 3 rings (SSSR count). The number of nitro groups is 1. The monoisotopic (exact) mass is 309 g/mol. The second kappa shape index (κ2) is 4.09. The molecule has 0 bridgehead atoms. The zero-order chi connectivity index (χ0) is 12.7. The Morgan fingerprint density at radius 3 is 3.11 bits per heavy atom. The standard InChI is InChI=1S/C11H8BrN3O3/c12-11-9-7-2-1-3-8(15(16)17)10(7)18-5-4-14(9)6-13-11/h1-3,6H,4-5H2. The lowest BCUT2D eigenvalue weighted by atomic mass is 10.1. The van der Waals surface area contributed by atoms with E-state index in [0.717, 1.165) is 5.69 Å². The number of para-hydroxylation sites is 1. The third kappa shape index (κ3) is 1.59. The van der Waals surface area contributed by atoms with E-state index >= 15 is 0 Å². The average molecular weight is 310 g/mol. The van der Waals surface area contributed by atoms with Gasteiger partial charge in [-0.2, -0.15) is 0 Å². The summed E-state index contributed by atoms with van der Waals surface area (Å²) in [7, 11) is 0. The molecule has 1 aliphatic rings. The van der Waals surface area contributed by atoms with Crippen LogP contribution in [-0.2, 0) is 6.54 Å². The van der Waals surface area contributed by atoms with Crippen molar-refractivity contribution >= 4 is 21.6 Å². The Labute approximate surface area is 110 Å². The molecular formula is C11H8BrN3O3. The summed E-state index contributed by atoms with van der Waals surface area (Å²) in [5.74, 6) is 0.308. The number of hydrogen-bond donors (Lipinski definition) is 0. The first-order chi connectivity index (χ1) is 8.68. The van der Waals surface area contributed by atoms with Crippen molar-refractivity contribution in [1.82, 2.24) is 9.55 Å². The molecule has 2 heterocycles. The van der Waals surface area contributed by atoms with Crippen molar-refractivity contribution < 1.29 is 9.66 Å². The first-order valence-electron chi connectivity index (χ1n) is 5.29. The molecule has 0 atom stereocenters. The Morgan fingerprint density at radius 1 is 1.50 bits per heavy atom. The number of benzene rings is 1. The van der Waals surface area contributed by atoms with Crippen molar-refractivity contribution in [2.75, 3.05) is 6.61 Å². The largest absolute Gasteiger partial charge is 0.484 e. The Morgan fingerprint density at radius 2 is 2.33 bits per heavy atom. The van der Waals surface area contributed by atoms with E-state index in [-0.39, 0.29) is 5.69 Å². The van der Waals surface area contributed by atoms with Gasteiger partial charge in [0, 0.05) is 6.07 Å². The van der Waals surface area contributed by atoms with E-state index in [9.17, 15) is 10.1 Å². The topological polar surface area (TPSA) is 70.2 Å². The van der Waals surface area contributed by atoms with Crippen LogP contribution in [0.4, 0.5) is 5.69 Å².